The zero-order valence-electron chi connectivity index (χ0n) is 13.7. The Hall–Kier alpha value is -0.910. The lowest BCUT2D eigenvalue weighted by atomic mass is 10.0. The average Bonchev–Trinajstić information content (AvgIpc) is 2.47. The minimum Gasteiger partial charge on any atom is -0.481 e. The van der Waals surface area contributed by atoms with E-state index >= 15 is 0 Å². The van der Waals surface area contributed by atoms with Gasteiger partial charge in [-0.2, -0.15) is 11.8 Å². The Labute approximate surface area is 132 Å². The monoisotopic (exact) mass is 318 g/mol. The van der Waals surface area contributed by atoms with Crippen molar-refractivity contribution in [3.8, 4) is 0 Å². The molecule has 0 aromatic carbocycles. The summed E-state index contributed by atoms with van der Waals surface area (Å²) in [7, 11) is 0. The molecule has 0 bridgehead atoms. The number of urea groups is 1. The molecule has 0 heterocycles. The van der Waals surface area contributed by atoms with E-state index in [1.165, 1.54) is 0 Å². The molecule has 0 spiro atoms. The van der Waals surface area contributed by atoms with E-state index in [0.717, 1.165) is 19.3 Å². The first kappa shape index (κ1) is 20.1. The molecule has 0 radical (unpaired) electrons. The standard InChI is InChI=1S/C15H30N2O3S/c1-5-15(6-2,21-4)11-17-14(20)16-10-9-12(3)7-8-13(18)19/h12H,5-11H2,1-4H3,(H,18,19)(H2,16,17,20). The Balaban J connectivity index is 3.87. The number of rotatable bonds is 11. The van der Waals surface area contributed by atoms with Crippen molar-refractivity contribution in [2.75, 3.05) is 19.3 Å². The average molecular weight is 318 g/mol. The van der Waals surface area contributed by atoms with Crippen LogP contribution in [0.4, 0.5) is 4.79 Å². The van der Waals surface area contributed by atoms with Gasteiger partial charge in [0.1, 0.15) is 0 Å². The molecule has 0 rings (SSSR count). The minimum atomic E-state index is -0.764. The van der Waals surface area contributed by atoms with Gasteiger partial charge in [0.05, 0.1) is 0 Å². The molecule has 0 saturated heterocycles. The number of hydrogen-bond acceptors (Lipinski definition) is 3. The van der Waals surface area contributed by atoms with Crippen LogP contribution < -0.4 is 10.6 Å². The van der Waals surface area contributed by atoms with Crippen molar-refractivity contribution in [3.05, 3.63) is 0 Å². The Bertz CT molecular complexity index is 312. The molecular weight excluding hydrogens is 288 g/mol. The third-order valence-electron chi connectivity index (χ3n) is 4.07. The van der Waals surface area contributed by atoms with Gasteiger partial charge in [-0.05, 0) is 37.9 Å². The van der Waals surface area contributed by atoms with Crippen molar-refractivity contribution in [1.29, 1.82) is 0 Å². The van der Waals surface area contributed by atoms with Crippen LogP contribution in [0.15, 0.2) is 0 Å². The number of hydrogen-bond donors (Lipinski definition) is 3. The van der Waals surface area contributed by atoms with Gasteiger partial charge >= 0.3 is 12.0 Å². The molecule has 0 aromatic heterocycles. The van der Waals surface area contributed by atoms with Crippen LogP contribution in [0.2, 0.25) is 0 Å². The first-order valence-electron chi connectivity index (χ1n) is 7.67. The summed E-state index contributed by atoms with van der Waals surface area (Å²) in [5.74, 6) is -0.460. The maximum absolute atomic E-state index is 11.8. The highest BCUT2D eigenvalue weighted by Crippen LogP contribution is 2.29. The summed E-state index contributed by atoms with van der Waals surface area (Å²) in [4.78, 5) is 22.2. The number of thioether (sulfide) groups is 1. The van der Waals surface area contributed by atoms with Crippen LogP contribution in [-0.4, -0.2) is 41.2 Å². The number of carbonyl (C=O) groups is 2. The summed E-state index contributed by atoms with van der Waals surface area (Å²) in [6, 6.07) is -0.138. The molecule has 6 heteroatoms. The minimum absolute atomic E-state index is 0.117. The summed E-state index contributed by atoms with van der Waals surface area (Å²) in [5, 5.41) is 14.4. The highest BCUT2D eigenvalue weighted by molar-refractivity contribution is 8.00. The SMILES string of the molecule is CCC(CC)(CNC(=O)NCCC(C)CCC(=O)O)SC. The van der Waals surface area contributed by atoms with E-state index in [1.54, 1.807) is 11.8 Å². The normalized spacial score (nSPS) is 12.8. The Morgan fingerprint density at radius 2 is 1.81 bits per heavy atom. The van der Waals surface area contributed by atoms with Gasteiger partial charge in [-0.25, -0.2) is 4.79 Å². The highest BCUT2D eigenvalue weighted by atomic mass is 32.2. The summed E-state index contributed by atoms with van der Waals surface area (Å²) < 4.78 is 0.117. The van der Waals surface area contributed by atoms with Gasteiger partial charge in [-0.15, -0.1) is 0 Å². The zero-order valence-corrected chi connectivity index (χ0v) is 14.5. The molecule has 0 aliphatic heterocycles. The molecular formula is C15H30N2O3S. The fourth-order valence-corrected chi connectivity index (χ4v) is 2.90. The molecule has 0 aliphatic carbocycles. The van der Waals surface area contributed by atoms with Crippen LogP contribution in [0.5, 0.6) is 0 Å². The summed E-state index contributed by atoms with van der Waals surface area (Å²) >= 11 is 1.80. The molecule has 0 fully saturated rings. The predicted octanol–water partition coefficient (Wildman–Crippen LogP) is 3.10. The smallest absolute Gasteiger partial charge is 0.314 e. The fraction of sp³-hybridized carbons (Fsp3) is 0.867. The van der Waals surface area contributed by atoms with E-state index < -0.39 is 5.97 Å². The number of carboxylic acids is 1. The lowest BCUT2D eigenvalue weighted by Gasteiger charge is -2.29. The molecule has 124 valence electrons. The third-order valence-corrected chi connectivity index (χ3v) is 5.65. The van der Waals surface area contributed by atoms with E-state index in [9.17, 15) is 9.59 Å². The van der Waals surface area contributed by atoms with Crippen LogP contribution in [0.3, 0.4) is 0 Å². The second-order valence-electron chi connectivity index (χ2n) is 5.53. The van der Waals surface area contributed by atoms with E-state index in [0.29, 0.717) is 25.4 Å². The Kier molecular flexibility index (Phi) is 10.3. The lowest BCUT2D eigenvalue weighted by molar-refractivity contribution is -0.137. The Morgan fingerprint density at radius 3 is 2.29 bits per heavy atom. The maximum atomic E-state index is 11.8. The molecule has 1 atom stereocenters. The molecule has 0 saturated carbocycles. The van der Waals surface area contributed by atoms with E-state index in [2.05, 4.69) is 30.7 Å². The van der Waals surface area contributed by atoms with Crippen LogP contribution >= 0.6 is 11.8 Å². The number of carbonyl (C=O) groups excluding carboxylic acids is 1. The second-order valence-corrected chi connectivity index (χ2v) is 6.80. The van der Waals surface area contributed by atoms with Crippen LogP contribution in [0, 0.1) is 5.92 Å². The van der Waals surface area contributed by atoms with Gasteiger partial charge in [0, 0.05) is 24.3 Å². The lowest BCUT2D eigenvalue weighted by Crippen LogP contribution is -2.44. The molecule has 0 aliphatic rings. The van der Waals surface area contributed by atoms with Crippen molar-refractivity contribution >= 4 is 23.8 Å². The van der Waals surface area contributed by atoms with Crippen molar-refractivity contribution in [1.82, 2.24) is 10.6 Å². The van der Waals surface area contributed by atoms with Crippen LogP contribution in [0.25, 0.3) is 0 Å². The van der Waals surface area contributed by atoms with Crippen molar-refractivity contribution in [2.24, 2.45) is 5.92 Å². The van der Waals surface area contributed by atoms with E-state index in [-0.39, 0.29) is 17.2 Å². The molecule has 21 heavy (non-hydrogen) atoms. The van der Waals surface area contributed by atoms with E-state index in [4.69, 9.17) is 5.11 Å². The second kappa shape index (κ2) is 10.8. The van der Waals surface area contributed by atoms with Gasteiger partial charge in [-0.1, -0.05) is 20.8 Å². The van der Waals surface area contributed by atoms with Crippen molar-refractivity contribution in [2.45, 2.75) is 57.6 Å². The van der Waals surface area contributed by atoms with E-state index in [1.807, 2.05) is 6.92 Å². The molecule has 0 aromatic rings. The Morgan fingerprint density at radius 1 is 1.19 bits per heavy atom. The highest BCUT2D eigenvalue weighted by Gasteiger charge is 2.25. The molecule has 2 amide bonds. The first-order chi connectivity index (χ1) is 9.89. The molecule has 1 unspecified atom stereocenters. The first-order valence-corrected chi connectivity index (χ1v) is 8.90. The summed E-state index contributed by atoms with van der Waals surface area (Å²) in [6.45, 7) is 7.54. The fourth-order valence-electron chi connectivity index (χ4n) is 2.11. The van der Waals surface area contributed by atoms with Crippen LogP contribution in [-0.2, 0) is 4.79 Å². The molecule has 3 N–H and O–H groups in total. The molecule has 5 nitrogen and oxygen atoms in total. The van der Waals surface area contributed by atoms with Crippen molar-refractivity contribution in [3.63, 3.8) is 0 Å². The summed E-state index contributed by atoms with van der Waals surface area (Å²) in [5.41, 5.74) is 0. The van der Waals surface area contributed by atoms with Gasteiger partial charge in [-0.3, -0.25) is 4.79 Å². The van der Waals surface area contributed by atoms with Gasteiger partial charge in [0.2, 0.25) is 0 Å². The predicted molar refractivity (Wildman–Crippen MR) is 88.9 cm³/mol. The van der Waals surface area contributed by atoms with Crippen molar-refractivity contribution < 1.29 is 14.7 Å². The van der Waals surface area contributed by atoms with Gasteiger partial charge < -0.3 is 15.7 Å². The number of carboxylic acid groups (broad SMARTS) is 1. The van der Waals surface area contributed by atoms with Crippen LogP contribution in [0.1, 0.15) is 52.9 Å². The number of nitrogens with one attached hydrogen (secondary N) is 2. The number of aliphatic carboxylic acids is 1. The third kappa shape index (κ3) is 8.86. The zero-order chi connectivity index (χ0) is 16.3. The number of amides is 2. The maximum Gasteiger partial charge on any atom is 0.314 e. The quantitative estimate of drug-likeness (QED) is 0.547. The summed E-state index contributed by atoms with van der Waals surface area (Å²) in [6.07, 6.45) is 5.78. The van der Waals surface area contributed by atoms with Gasteiger partial charge in [0.15, 0.2) is 0 Å². The largest absolute Gasteiger partial charge is 0.481 e. The topological polar surface area (TPSA) is 78.4 Å². The van der Waals surface area contributed by atoms with Gasteiger partial charge in [0.25, 0.3) is 0 Å².